The lowest BCUT2D eigenvalue weighted by Gasteiger charge is -2.15. The van der Waals surface area contributed by atoms with Crippen LogP contribution in [0.15, 0.2) is 77.7 Å². The topological polar surface area (TPSA) is 87.5 Å². The smallest absolute Gasteiger partial charge is 0.343 e. The Kier molecular flexibility index (Phi) is 6.87. The van der Waals surface area contributed by atoms with E-state index < -0.39 is 21.8 Å². The van der Waals surface area contributed by atoms with Crippen LogP contribution in [0.25, 0.3) is 11.6 Å². The van der Waals surface area contributed by atoms with Crippen molar-refractivity contribution >= 4 is 27.6 Å². The first kappa shape index (κ1) is 23.4. The Morgan fingerprint density at radius 1 is 1.00 bits per heavy atom. The van der Waals surface area contributed by atoms with Crippen molar-refractivity contribution in [2.45, 2.75) is 17.7 Å². The summed E-state index contributed by atoms with van der Waals surface area (Å²) in [4.78, 5) is 12.7. The van der Waals surface area contributed by atoms with Crippen LogP contribution in [-0.2, 0) is 10.0 Å². The number of halogens is 1. The van der Waals surface area contributed by atoms with Crippen LogP contribution in [0, 0.1) is 17.1 Å². The van der Waals surface area contributed by atoms with E-state index in [1.54, 1.807) is 36.4 Å². The molecule has 3 aromatic carbocycles. The van der Waals surface area contributed by atoms with Gasteiger partial charge >= 0.3 is 5.97 Å². The minimum atomic E-state index is -3.56. The number of hydrogen-bond donors (Lipinski definition) is 0. The number of rotatable bonds is 6. The molecule has 0 unspecified atom stereocenters. The Labute approximate surface area is 197 Å². The minimum Gasteiger partial charge on any atom is -0.423 e. The van der Waals surface area contributed by atoms with Crippen LogP contribution in [0.2, 0.25) is 0 Å². The fourth-order valence-corrected chi connectivity index (χ4v) is 5.21. The number of esters is 1. The van der Waals surface area contributed by atoms with Gasteiger partial charge in [-0.3, -0.25) is 0 Å². The number of sulfonamides is 1. The monoisotopic (exact) mass is 476 g/mol. The van der Waals surface area contributed by atoms with Gasteiger partial charge in [0.2, 0.25) is 10.0 Å². The van der Waals surface area contributed by atoms with Gasteiger partial charge in [0.1, 0.15) is 11.6 Å². The van der Waals surface area contributed by atoms with E-state index in [1.807, 2.05) is 6.07 Å². The summed E-state index contributed by atoms with van der Waals surface area (Å²) in [5.41, 5.74) is 1.07. The molecule has 1 aliphatic rings. The standard InChI is InChI=1S/C26H21FN2O4S/c27-25-9-2-1-8-24(25)21(18-28)16-19-6-5-7-22(17-19)33-26(30)20-10-12-23(13-11-20)34(31,32)29-14-3-4-15-29/h1-2,5-13,16-17H,3-4,14-15H2/b21-16-. The van der Waals surface area contributed by atoms with Gasteiger partial charge in [-0.15, -0.1) is 0 Å². The number of benzene rings is 3. The number of carbonyl (C=O) groups excluding carboxylic acids is 1. The number of carbonyl (C=O) groups is 1. The van der Waals surface area contributed by atoms with E-state index in [1.165, 1.54) is 46.8 Å². The number of nitrogens with zero attached hydrogens (tertiary/aromatic N) is 2. The maximum atomic E-state index is 14.1. The highest BCUT2D eigenvalue weighted by molar-refractivity contribution is 7.89. The minimum absolute atomic E-state index is 0.135. The first-order chi connectivity index (χ1) is 16.4. The second kappa shape index (κ2) is 10.00. The van der Waals surface area contributed by atoms with Gasteiger partial charge < -0.3 is 4.74 Å². The van der Waals surface area contributed by atoms with Crippen molar-refractivity contribution in [3.63, 3.8) is 0 Å². The van der Waals surface area contributed by atoms with Crippen LogP contribution >= 0.6 is 0 Å². The molecule has 0 radical (unpaired) electrons. The van der Waals surface area contributed by atoms with Gasteiger partial charge in [-0.2, -0.15) is 9.57 Å². The predicted molar refractivity (Wildman–Crippen MR) is 126 cm³/mol. The Morgan fingerprint density at radius 3 is 2.38 bits per heavy atom. The molecular weight excluding hydrogens is 455 g/mol. The summed E-state index contributed by atoms with van der Waals surface area (Å²) in [6.45, 7) is 1.00. The SMILES string of the molecule is N#C/C(=C/c1cccc(OC(=O)c2ccc(S(=O)(=O)N3CCCC3)cc2)c1)c1ccccc1F. The summed E-state index contributed by atoms with van der Waals surface area (Å²) >= 11 is 0. The molecule has 1 fully saturated rings. The van der Waals surface area contributed by atoms with E-state index in [0.29, 0.717) is 18.7 Å². The molecule has 1 saturated heterocycles. The second-order valence-corrected chi connectivity index (χ2v) is 9.69. The average molecular weight is 477 g/mol. The zero-order valence-electron chi connectivity index (χ0n) is 18.1. The van der Waals surface area contributed by atoms with Gasteiger partial charge in [-0.25, -0.2) is 17.6 Å². The van der Waals surface area contributed by atoms with Crippen LogP contribution < -0.4 is 4.74 Å². The van der Waals surface area contributed by atoms with Crippen LogP contribution in [0.4, 0.5) is 4.39 Å². The van der Waals surface area contributed by atoms with Crippen molar-refractivity contribution in [1.29, 1.82) is 5.26 Å². The molecule has 8 heteroatoms. The summed E-state index contributed by atoms with van der Waals surface area (Å²) < 4.78 is 46.2. The molecule has 172 valence electrons. The quantitative estimate of drug-likeness (QED) is 0.219. The van der Waals surface area contributed by atoms with Gasteiger partial charge in [-0.05, 0) is 66.9 Å². The van der Waals surface area contributed by atoms with E-state index in [4.69, 9.17) is 4.74 Å². The lowest BCUT2D eigenvalue weighted by atomic mass is 10.0. The van der Waals surface area contributed by atoms with Crippen LogP contribution in [-0.4, -0.2) is 31.8 Å². The third-order valence-electron chi connectivity index (χ3n) is 5.46. The van der Waals surface area contributed by atoms with Crippen molar-refractivity contribution < 1.29 is 22.3 Å². The third-order valence-corrected chi connectivity index (χ3v) is 7.37. The van der Waals surface area contributed by atoms with Gasteiger partial charge in [-0.1, -0.05) is 30.3 Å². The summed E-state index contributed by atoms with van der Waals surface area (Å²) in [7, 11) is -3.56. The average Bonchev–Trinajstić information content (AvgIpc) is 3.39. The fourth-order valence-electron chi connectivity index (χ4n) is 3.69. The highest BCUT2D eigenvalue weighted by atomic mass is 32.2. The molecule has 0 bridgehead atoms. The molecule has 0 aliphatic carbocycles. The zero-order chi connectivity index (χ0) is 24.1. The van der Waals surface area contributed by atoms with Gasteiger partial charge in [0.15, 0.2) is 0 Å². The van der Waals surface area contributed by atoms with Crippen molar-refractivity contribution in [3.8, 4) is 11.8 Å². The number of allylic oxidation sites excluding steroid dienone is 1. The summed E-state index contributed by atoms with van der Waals surface area (Å²) in [6, 6.07) is 20.1. The molecule has 1 heterocycles. The molecule has 0 N–H and O–H groups in total. The molecule has 6 nitrogen and oxygen atoms in total. The van der Waals surface area contributed by atoms with Crippen molar-refractivity contribution in [2.75, 3.05) is 13.1 Å². The predicted octanol–water partition coefficient (Wildman–Crippen LogP) is 4.89. The second-order valence-electron chi connectivity index (χ2n) is 7.75. The Bertz CT molecular complexity index is 1390. The van der Waals surface area contributed by atoms with Gasteiger partial charge in [0.05, 0.1) is 22.1 Å². The first-order valence-electron chi connectivity index (χ1n) is 10.7. The van der Waals surface area contributed by atoms with Crippen molar-refractivity contribution in [3.05, 3.63) is 95.3 Å². The van der Waals surface area contributed by atoms with E-state index in [0.717, 1.165) is 12.8 Å². The number of nitriles is 1. The molecule has 0 aromatic heterocycles. The molecule has 1 aliphatic heterocycles. The van der Waals surface area contributed by atoms with E-state index in [2.05, 4.69) is 0 Å². The molecule has 3 aromatic rings. The van der Waals surface area contributed by atoms with Gasteiger partial charge in [0, 0.05) is 18.7 Å². The fraction of sp³-hybridized carbons (Fsp3) is 0.154. The van der Waals surface area contributed by atoms with Crippen LogP contribution in [0.5, 0.6) is 5.75 Å². The van der Waals surface area contributed by atoms with Crippen LogP contribution in [0.3, 0.4) is 0 Å². The van der Waals surface area contributed by atoms with Crippen molar-refractivity contribution in [2.24, 2.45) is 0 Å². The molecule has 0 saturated carbocycles. The molecule has 0 atom stereocenters. The summed E-state index contributed by atoms with van der Waals surface area (Å²) in [5, 5.41) is 9.46. The van der Waals surface area contributed by atoms with E-state index >= 15 is 0 Å². The zero-order valence-corrected chi connectivity index (χ0v) is 19.0. The molecule has 4 rings (SSSR count). The highest BCUT2D eigenvalue weighted by Crippen LogP contribution is 2.24. The van der Waals surface area contributed by atoms with Gasteiger partial charge in [0.25, 0.3) is 0 Å². The maximum absolute atomic E-state index is 14.1. The third kappa shape index (κ3) is 5.06. The maximum Gasteiger partial charge on any atom is 0.343 e. The molecule has 0 amide bonds. The van der Waals surface area contributed by atoms with E-state index in [-0.39, 0.29) is 27.3 Å². The highest BCUT2D eigenvalue weighted by Gasteiger charge is 2.27. The number of hydrogen-bond acceptors (Lipinski definition) is 5. The van der Waals surface area contributed by atoms with E-state index in [9.17, 15) is 22.9 Å². The lowest BCUT2D eigenvalue weighted by molar-refractivity contribution is 0.0734. The Morgan fingerprint density at radius 2 is 1.71 bits per heavy atom. The molecule has 34 heavy (non-hydrogen) atoms. The first-order valence-corrected chi connectivity index (χ1v) is 12.1. The summed E-state index contributed by atoms with van der Waals surface area (Å²) in [5.74, 6) is -0.924. The lowest BCUT2D eigenvalue weighted by Crippen LogP contribution is -2.27. The van der Waals surface area contributed by atoms with Crippen molar-refractivity contribution in [1.82, 2.24) is 4.31 Å². The molecular formula is C26H21FN2O4S. The molecule has 0 spiro atoms. The Balaban J connectivity index is 1.50. The largest absolute Gasteiger partial charge is 0.423 e. The normalized spacial score (nSPS) is 14.5. The number of ether oxygens (including phenoxy) is 1. The summed E-state index contributed by atoms with van der Waals surface area (Å²) in [6.07, 6.45) is 3.19. The van der Waals surface area contributed by atoms with Crippen LogP contribution in [0.1, 0.15) is 34.3 Å². The Hall–Kier alpha value is -3.80.